The Balaban J connectivity index is 1.33. The summed E-state index contributed by atoms with van der Waals surface area (Å²) in [5.41, 5.74) is 3.86. The molecule has 0 radical (unpaired) electrons. The molecule has 2 N–H and O–H groups in total. The molecule has 1 fully saturated rings. The zero-order valence-corrected chi connectivity index (χ0v) is 22.4. The molecule has 0 saturated carbocycles. The molecule has 0 aliphatic carbocycles. The van der Waals surface area contributed by atoms with Gasteiger partial charge in [-0.1, -0.05) is 42.5 Å². The normalized spacial score (nSPS) is 15.1. The fraction of sp³-hybridized carbons (Fsp3) is 0.290. The molecule has 4 aromatic rings. The van der Waals surface area contributed by atoms with Crippen LogP contribution in [0.5, 0.6) is 5.88 Å². The number of aromatic hydroxyl groups is 1. The van der Waals surface area contributed by atoms with Gasteiger partial charge >= 0.3 is 6.09 Å². The van der Waals surface area contributed by atoms with Crippen LogP contribution in [0.25, 0.3) is 10.9 Å². The van der Waals surface area contributed by atoms with Crippen molar-refractivity contribution in [3.05, 3.63) is 95.3 Å². The van der Waals surface area contributed by atoms with Crippen LogP contribution in [0.3, 0.4) is 0 Å². The number of nitrogens with zero attached hydrogens (tertiary/aromatic N) is 3. The van der Waals surface area contributed by atoms with Crippen molar-refractivity contribution in [2.24, 2.45) is 4.99 Å². The molecular weight excluding hydrogens is 495 g/mol. The standard InChI is InChI=1S/C31H33FN4O3/c1-31(2,3)39-30(38)36-17-15-35(16-18-36)20-21-9-12-24(13-10-21)33-28(22-7-5-4-6-8-22)27-25-14-11-23(32)19-26(25)34-29(27)37/h4-14,19,34,37H,15-18,20H2,1-3H3. The van der Waals surface area contributed by atoms with Gasteiger partial charge in [-0.15, -0.1) is 0 Å². The van der Waals surface area contributed by atoms with Crippen LogP contribution in [0, 0.1) is 5.82 Å². The Morgan fingerprint density at radius 3 is 2.36 bits per heavy atom. The monoisotopic (exact) mass is 528 g/mol. The average Bonchev–Trinajstić information content (AvgIpc) is 3.22. The topological polar surface area (TPSA) is 81.2 Å². The minimum absolute atomic E-state index is 0.0552. The molecular formula is C31H33FN4O3. The van der Waals surface area contributed by atoms with Gasteiger partial charge in [-0.3, -0.25) is 4.90 Å². The van der Waals surface area contributed by atoms with Gasteiger partial charge in [-0.2, -0.15) is 0 Å². The number of ether oxygens (including phenoxy) is 1. The molecule has 1 aliphatic heterocycles. The molecule has 0 unspecified atom stereocenters. The highest BCUT2D eigenvalue weighted by atomic mass is 19.1. The Morgan fingerprint density at radius 2 is 1.69 bits per heavy atom. The van der Waals surface area contributed by atoms with Crippen molar-refractivity contribution in [2.75, 3.05) is 26.2 Å². The van der Waals surface area contributed by atoms with Gasteiger partial charge < -0.3 is 19.7 Å². The molecule has 1 saturated heterocycles. The Labute approximate surface area is 227 Å². The van der Waals surface area contributed by atoms with Crippen molar-refractivity contribution in [1.29, 1.82) is 0 Å². The summed E-state index contributed by atoms with van der Waals surface area (Å²) in [7, 11) is 0. The van der Waals surface area contributed by atoms with E-state index in [1.54, 1.807) is 11.0 Å². The van der Waals surface area contributed by atoms with E-state index in [0.717, 1.165) is 36.4 Å². The Kier molecular flexibility index (Phi) is 7.39. The number of carbonyl (C=O) groups is 1. The minimum Gasteiger partial charge on any atom is -0.494 e. The second-order valence-electron chi connectivity index (χ2n) is 10.8. The van der Waals surface area contributed by atoms with E-state index in [0.29, 0.717) is 35.3 Å². The second-order valence-corrected chi connectivity index (χ2v) is 10.8. The zero-order chi connectivity index (χ0) is 27.6. The van der Waals surface area contributed by atoms with Crippen LogP contribution in [-0.2, 0) is 11.3 Å². The predicted octanol–water partition coefficient (Wildman–Crippen LogP) is 6.23. The van der Waals surface area contributed by atoms with Gasteiger partial charge in [0.05, 0.1) is 22.5 Å². The lowest BCUT2D eigenvalue weighted by Crippen LogP contribution is -2.49. The molecule has 5 rings (SSSR count). The highest BCUT2D eigenvalue weighted by Crippen LogP contribution is 2.32. The lowest BCUT2D eigenvalue weighted by atomic mass is 10.0. The number of nitrogens with one attached hydrogen (secondary N) is 1. The summed E-state index contributed by atoms with van der Waals surface area (Å²) in [6.45, 7) is 9.22. The van der Waals surface area contributed by atoms with Crippen molar-refractivity contribution >= 4 is 28.4 Å². The molecule has 1 amide bonds. The number of hydrogen-bond acceptors (Lipinski definition) is 5. The highest BCUT2D eigenvalue weighted by Gasteiger charge is 2.26. The number of hydrogen-bond donors (Lipinski definition) is 2. The molecule has 202 valence electrons. The van der Waals surface area contributed by atoms with Crippen molar-refractivity contribution in [3.63, 3.8) is 0 Å². The number of rotatable bonds is 5. The first-order valence-corrected chi connectivity index (χ1v) is 13.1. The van der Waals surface area contributed by atoms with E-state index in [2.05, 4.69) is 9.88 Å². The number of carbonyl (C=O) groups excluding carboxylic acids is 1. The Hall–Kier alpha value is -4.17. The lowest BCUT2D eigenvalue weighted by Gasteiger charge is -2.35. The number of aromatic amines is 1. The SMILES string of the molecule is CC(C)(C)OC(=O)N1CCN(Cc2ccc(N=C(c3ccccc3)c3c(O)[nH]c4cc(F)ccc34)cc2)CC1. The average molecular weight is 529 g/mol. The third-order valence-corrected chi connectivity index (χ3v) is 6.63. The summed E-state index contributed by atoms with van der Waals surface area (Å²) in [5.74, 6) is -0.435. The first-order chi connectivity index (χ1) is 18.7. The molecule has 0 atom stereocenters. The Morgan fingerprint density at radius 1 is 1.00 bits per heavy atom. The molecule has 3 aromatic carbocycles. The zero-order valence-electron chi connectivity index (χ0n) is 22.4. The van der Waals surface area contributed by atoms with E-state index < -0.39 is 5.60 Å². The van der Waals surface area contributed by atoms with E-state index in [1.165, 1.54) is 12.1 Å². The maximum absolute atomic E-state index is 13.8. The van der Waals surface area contributed by atoms with Crippen LogP contribution in [0.4, 0.5) is 14.9 Å². The van der Waals surface area contributed by atoms with E-state index in [4.69, 9.17) is 9.73 Å². The van der Waals surface area contributed by atoms with E-state index >= 15 is 0 Å². The van der Waals surface area contributed by atoms with Crippen LogP contribution in [0.15, 0.2) is 77.8 Å². The molecule has 7 nitrogen and oxygen atoms in total. The van der Waals surface area contributed by atoms with Gasteiger partial charge in [-0.05, 0) is 56.7 Å². The third kappa shape index (κ3) is 6.29. The lowest BCUT2D eigenvalue weighted by molar-refractivity contribution is 0.0139. The number of halogens is 1. The summed E-state index contributed by atoms with van der Waals surface area (Å²) in [5, 5.41) is 11.5. The summed E-state index contributed by atoms with van der Waals surface area (Å²) in [6.07, 6.45) is -0.259. The maximum atomic E-state index is 13.8. The number of aliphatic imine (C=N–C) groups is 1. The quantitative estimate of drug-likeness (QED) is 0.301. The predicted molar refractivity (Wildman–Crippen MR) is 151 cm³/mol. The van der Waals surface area contributed by atoms with Gasteiger partial charge in [0.2, 0.25) is 0 Å². The fourth-order valence-corrected chi connectivity index (χ4v) is 4.73. The summed E-state index contributed by atoms with van der Waals surface area (Å²) >= 11 is 0. The number of piperazine rings is 1. The molecule has 2 heterocycles. The fourth-order valence-electron chi connectivity index (χ4n) is 4.73. The van der Waals surface area contributed by atoms with Crippen LogP contribution < -0.4 is 0 Å². The number of amides is 1. The van der Waals surface area contributed by atoms with Crippen molar-refractivity contribution < 1.29 is 19.0 Å². The van der Waals surface area contributed by atoms with Gasteiger partial charge in [-0.25, -0.2) is 14.2 Å². The largest absolute Gasteiger partial charge is 0.494 e. The second kappa shape index (κ2) is 10.9. The van der Waals surface area contributed by atoms with Gasteiger partial charge in [0.15, 0.2) is 5.88 Å². The number of benzene rings is 3. The first kappa shape index (κ1) is 26.4. The number of fused-ring (bicyclic) bond motifs is 1. The van der Waals surface area contributed by atoms with E-state index in [1.807, 2.05) is 75.4 Å². The van der Waals surface area contributed by atoms with Crippen molar-refractivity contribution in [2.45, 2.75) is 32.9 Å². The molecule has 0 spiro atoms. The smallest absolute Gasteiger partial charge is 0.410 e. The highest BCUT2D eigenvalue weighted by molar-refractivity contribution is 6.21. The van der Waals surface area contributed by atoms with Gasteiger partial charge in [0.25, 0.3) is 0 Å². The van der Waals surface area contributed by atoms with E-state index in [9.17, 15) is 14.3 Å². The summed E-state index contributed by atoms with van der Waals surface area (Å²) in [4.78, 5) is 24.2. The Bertz CT molecular complexity index is 1480. The van der Waals surface area contributed by atoms with Crippen LogP contribution in [0.1, 0.15) is 37.5 Å². The van der Waals surface area contributed by atoms with Crippen molar-refractivity contribution in [1.82, 2.24) is 14.8 Å². The number of aromatic nitrogens is 1. The summed E-state index contributed by atoms with van der Waals surface area (Å²) in [6, 6.07) is 22.0. The van der Waals surface area contributed by atoms with Gasteiger partial charge in [0.1, 0.15) is 11.4 Å². The minimum atomic E-state index is -0.496. The molecule has 1 aliphatic rings. The molecule has 1 aromatic heterocycles. The molecule has 39 heavy (non-hydrogen) atoms. The first-order valence-electron chi connectivity index (χ1n) is 13.1. The van der Waals surface area contributed by atoms with Crippen molar-refractivity contribution in [3.8, 4) is 5.88 Å². The molecule has 8 heteroatoms. The van der Waals surface area contributed by atoms with Crippen LogP contribution in [0.2, 0.25) is 0 Å². The molecule has 0 bridgehead atoms. The van der Waals surface area contributed by atoms with Crippen LogP contribution in [-0.4, -0.2) is 63.5 Å². The van der Waals surface area contributed by atoms with E-state index in [-0.39, 0.29) is 17.8 Å². The third-order valence-electron chi connectivity index (χ3n) is 6.63. The maximum Gasteiger partial charge on any atom is 0.410 e. The van der Waals surface area contributed by atoms with Crippen LogP contribution >= 0.6 is 0 Å². The summed E-state index contributed by atoms with van der Waals surface area (Å²) < 4.78 is 19.3. The van der Waals surface area contributed by atoms with Gasteiger partial charge in [0, 0.05) is 43.7 Å². The number of H-pyrrole nitrogens is 1.